The molecule has 3 fully saturated rings. The molecule has 2 N–H and O–H groups in total. The monoisotopic (exact) mass is 591 g/mol. The zero-order chi connectivity index (χ0) is 30.1. The zero-order valence-corrected chi connectivity index (χ0v) is 24.6. The van der Waals surface area contributed by atoms with E-state index in [1.807, 2.05) is 47.4 Å². The molecule has 1 aromatic carbocycles. The SMILES string of the molecule is C[C@@H]1NC(=O)CC/C=C\[C@@H]2O[C@@]34C=CCN(C5CCCCC5)C(=O)[C@@H]3N(CCO)C(=O)[C@H]4[C@@H]2C(=O)O[C@H]1c1ccccc1. The fourth-order valence-corrected chi connectivity index (χ4v) is 7.79. The predicted molar refractivity (Wildman–Crippen MR) is 156 cm³/mol. The number of hydrogen-bond acceptors (Lipinski definition) is 7. The predicted octanol–water partition coefficient (Wildman–Crippen LogP) is 2.43. The number of benzene rings is 1. The fourth-order valence-electron chi connectivity index (χ4n) is 7.79. The summed E-state index contributed by atoms with van der Waals surface area (Å²) in [7, 11) is 0. The number of β-amino-alcohol motifs (C(OH)–C–C–N with tert-alkyl or cyclic N) is 1. The zero-order valence-electron chi connectivity index (χ0n) is 24.6. The van der Waals surface area contributed by atoms with Gasteiger partial charge in [0, 0.05) is 25.6 Å². The highest BCUT2D eigenvalue weighted by Gasteiger charge is 2.72. The van der Waals surface area contributed by atoms with E-state index in [1.165, 1.54) is 4.90 Å². The van der Waals surface area contributed by atoms with Gasteiger partial charge in [0.15, 0.2) is 0 Å². The molecule has 1 aliphatic carbocycles. The molecule has 5 aliphatic rings. The second kappa shape index (κ2) is 12.2. The molecule has 0 unspecified atom stereocenters. The minimum atomic E-state index is -1.40. The Labute approximate surface area is 252 Å². The number of allylic oxidation sites excluding steroid dienone is 1. The first-order chi connectivity index (χ1) is 20.9. The fraction of sp³-hybridized carbons (Fsp3) is 0.576. The van der Waals surface area contributed by atoms with E-state index in [9.17, 15) is 24.3 Å². The summed E-state index contributed by atoms with van der Waals surface area (Å²) in [5.41, 5.74) is -0.681. The van der Waals surface area contributed by atoms with E-state index in [4.69, 9.17) is 9.47 Å². The molecule has 43 heavy (non-hydrogen) atoms. The molecule has 0 bridgehead atoms. The number of carbonyl (C=O) groups is 4. The average molecular weight is 592 g/mol. The number of likely N-dealkylation sites (tertiary alicyclic amines) is 1. The van der Waals surface area contributed by atoms with Crippen LogP contribution in [-0.4, -0.2) is 88.1 Å². The van der Waals surface area contributed by atoms with Gasteiger partial charge in [0.25, 0.3) is 0 Å². The minimum Gasteiger partial charge on any atom is -0.455 e. The Morgan fingerprint density at radius 3 is 2.53 bits per heavy atom. The number of hydrogen-bond donors (Lipinski definition) is 2. The average Bonchev–Trinajstić information content (AvgIpc) is 3.39. The van der Waals surface area contributed by atoms with Crippen LogP contribution in [0.25, 0.3) is 0 Å². The van der Waals surface area contributed by atoms with Crippen LogP contribution in [-0.2, 0) is 28.7 Å². The normalized spacial score (nSPS) is 36.0. The smallest absolute Gasteiger partial charge is 0.313 e. The number of esters is 1. The summed E-state index contributed by atoms with van der Waals surface area (Å²) in [6.07, 6.45) is 11.3. The molecule has 10 heteroatoms. The third-order valence-corrected chi connectivity index (χ3v) is 9.73. The van der Waals surface area contributed by atoms with Gasteiger partial charge in [-0.25, -0.2) is 0 Å². The summed E-state index contributed by atoms with van der Waals surface area (Å²) < 4.78 is 12.9. The van der Waals surface area contributed by atoms with Crippen molar-refractivity contribution in [2.75, 3.05) is 19.7 Å². The quantitative estimate of drug-likeness (QED) is 0.407. The second-order valence-electron chi connectivity index (χ2n) is 12.4. The Morgan fingerprint density at radius 1 is 1.02 bits per heavy atom. The van der Waals surface area contributed by atoms with E-state index in [1.54, 1.807) is 19.1 Å². The topological polar surface area (TPSA) is 125 Å². The molecule has 0 aromatic heterocycles. The molecule has 7 atom stereocenters. The highest BCUT2D eigenvalue weighted by molar-refractivity contribution is 5.99. The van der Waals surface area contributed by atoms with Gasteiger partial charge < -0.3 is 29.7 Å². The van der Waals surface area contributed by atoms with Gasteiger partial charge in [-0.05, 0) is 31.7 Å². The molecule has 6 rings (SSSR count). The number of rotatable bonds is 4. The van der Waals surface area contributed by atoms with Gasteiger partial charge in [0.1, 0.15) is 23.7 Å². The Morgan fingerprint density at radius 2 is 1.79 bits per heavy atom. The summed E-state index contributed by atoms with van der Waals surface area (Å²) in [5.74, 6) is -3.43. The van der Waals surface area contributed by atoms with Crippen LogP contribution in [0, 0.1) is 11.8 Å². The number of fused-ring (bicyclic) bond motifs is 2. The maximum absolute atomic E-state index is 14.4. The summed E-state index contributed by atoms with van der Waals surface area (Å²) in [6.45, 7) is 1.83. The van der Waals surface area contributed by atoms with E-state index >= 15 is 0 Å². The molecule has 230 valence electrons. The van der Waals surface area contributed by atoms with E-state index < -0.39 is 53.6 Å². The Kier molecular flexibility index (Phi) is 8.42. The van der Waals surface area contributed by atoms with Gasteiger partial charge in [-0.1, -0.05) is 73.9 Å². The lowest BCUT2D eigenvalue weighted by atomic mass is 9.77. The number of nitrogens with one attached hydrogen (secondary N) is 1. The molecule has 3 amide bonds. The second-order valence-corrected chi connectivity index (χ2v) is 12.4. The number of nitrogens with zero attached hydrogens (tertiary/aromatic N) is 2. The Hall–Kier alpha value is -3.50. The van der Waals surface area contributed by atoms with Gasteiger partial charge in [-0.15, -0.1) is 0 Å². The van der Waals surface area contributed by atoms with Gasteiger partial charge in [-0.2, -0.15) is 0 Å². The van der Waals surface area contributed by atoms with Gasteiger partial charge in [-0.3, -0.25) is 19.2 Å². The molecule has 10 nitrogen and oxygen atoms in total. The summed E-state index contributed by atoms with van der Waals surface area (Å²) in [5, 5.41) is 12.9. The molecule has 1 saturated carbocycles. The first-order valence-electron chi connectivity index (χ1n) is 15.6. The van der Waals surface area contributed by atoms with Crippen LogP contribution in [0.4, 0.5) is 0 Å². The first kappa shape index (κ1) is 29.6. The van der Waals surface area contributed by atoms with Crippen molar-refractivity contribution in [2.24, 2.45) is 11.8 Å². The van der Waals surface area contributed by atoms with Crippen LogP contribution < -0.4 is 5.32 Å². The number of aliphatic hydroxyl groups excluding tert-OH is 1. The summed E-state index contributed by atoms with van der Waals surface area (Å²) in [6, 6.07) is 7.75. The Balaban J connectivity index is 1.41. The maximum Gasteiger partial charge on any atom is 0.313 e. The lowest BCUT2D eigenvalue weighted by Crippen LogP contribution is -2.57. The van der Waals surface area contributed by atoms with Gasteiger partial charge in [0.05, 0.1) is 24.7 Å². The van der Waals surface area contributed by atoms with E-state index in [0.29, 0.717) is 18.5 Å². The van der Waals surface area contributed by atoms with Crippen molar-refractivity contribution in [1.82, 2.24) is 15.1 Å². The van der Waals surface area contributed by atoms with Crippen molar-refractivity contribution >= 4 is 23.7 Å². The largest absolute Gasteiger partial charge is 0.455 e. The van der Waals surface area contributed by atoms with Crippen molar-refractivity contribution in [2.45, 2.75) is 87.8 Å². The van der Waals surface area contributed by atoms with Crippen molar-refractivity contribution in [3.05, 3.63) is 60.2 Å². The van der Waals surface area contributed by atoms with E-state index in [2.05, 4.69) is 5.32 Å². The summed E-state index contributed by atoms with van der Waals surface area (Å²) in [4.78, 5) is 58.8. The Bertz CT molecular complexity index is 1290. The van der Waals surface area contributed by atoms with Crippen LogP contribution in [0.3, 0.4) is 0 Å². The molecule has 1 aromatic rings. The minimum absolute atomic E-state index is 0.0405. The molecule has 4 heterocycles. The molecular weight excluding hydrogens is 550 g/mol. The van der Waals surface area contributed by atoms with E-state index in [0.717, 1.165) is 32.1 Å². The highest BCUT2D eigenvalue weighted by Crippen LogP contribution is 2.53. The summed E-state index contributed by atoms with van der Waals surface area (Å²) >= 11 is 0. The van der Waals surface area contributed by atoms with E-state index in [-0.39, 0.29) is 37.4 Å². The first-order valence-corrected chi connectivity index (χ1v) is 15.6. The lowest BCUT2D eigenvalue weighted by Gasteiger charge is -2.39. The molecule has 4 aliphatic heterocycles. The van der Waals surface area contributed by atoms with Crippen LogP contribution in [0.15, 0.2) is 54.6 Å². The van der Waals surface area contributed by atoms with Crippen LogP contribution in [0.2, 0.25) is 0 Å². The van der Waals surface area contributed by atoms with Crippen LogP contribution in [0.1, 0.15) is 63.5 Å². The van der Waals surface area contributed by atoms with Crippen molar-refractivity contribution in [3.8, 4) is 0 Å². The van der Waals surface area contributed by atoms with Crippen LogP contribution >= 0.6 is 0 Å². The number of carbonyl (C=O) groups excluding carboxylic acids is 4. The number of amides is 3. The lowest BCUT2D eigenvalue weighted by molar-refractivity contribution is -0.161. The maximum atomic E-state index is 14.4. The standard InChI is InChI=1S/C33H41N3O7/c1-21-28(22-11-4-2-5-12-22)42-32(41)26-24(15-8-9-16-25(38)34-21)43-33-17-10-18-35(23-13-6-3-7-14-23)31(40)29(33)36(19-20-37)30(39)27(26)33/h2,4-5,8,10-12,15,17,21,23-24,26-29,37H,3,6-7,9,13-14,16,18-20H2,1H3,(H,34,38)/b15-8-/t21-,24-,26+,27+,28+,29-,33+/m0/s1. The van der Waals surface area contributed by atoms with Crippen molar-refractivity contribution in [1.29, 1.82) is 0 Å². The third kappa shape index (κ3) is 5.29. The highest BCUT2D eigenvalue weighted by atomic mass is 16.6. The van der Waals surface area contributed by atoms with Crippen LogP contribution in [0.5, 0.6) is 0 Å². The number of ether oxygens (including phenoxy) is 2. The molecular formula is C33H41N3O7. The van der Waals surface area contributed by atoms with Gasteiger partial charge >= 0.3 is 5.97 Å². The third-order valence-electron chi connectivity index (χ3n) is 9.73. The van der Waals surface area contributed by atoms with Crippen molar-refractivity contribution < 1.29 is 33.8 Å². The number of aliphatic hydroxyl groups is 1. The molecule has 2 saturated heterocycles. The van der Waals surface area contributed by atoms with Crippen molar-refractivity contribution in [3.63, 3.8) is 0 Å². The molecule has 1 spiro atoms. The van der Waals surface area contributed by atoms with Gasteiger partial charge in [0.2, 0.25) is 17.7 Å². The molecule has 0 radical (unpaired) electrons. The number of cyclic esters (lactones) is 1.